The smallest absolute Gasteiger partial charge is 0.333 e. The first-order valence-corrected chi connectivity index (χ1v) is 5.18. The number of hydrogen-bond donors (Lipinski definition) is 1. The highest BCUT2D eigenvalue weighted by Crippen LogP contribution is 2.08. The van der Waals surface area contributed by atoms with Gasteiger partial charge in [-0.05, 0) is 6.42 Å². The molecule has 14 heavy (non-hydrogen) atoms. The third-order valence-electron chi connectivity index (χ3n) is 2.02. The van der Waals surface area contributed by atoms with Crippen molar-refractivity contribution in [3.63, 3.8) is 0 Å². The zero-order chi connectivity index (χ0) is 10.8. The molecular formula is C11H20O3. The second kappa shape index (κ2) is 8.60. The molecule has 0 saturated heterocycles. The van der Waals surface area contributed by atoms with Crippen LogP contribution in [0.4, 0.5) is 0 Å². The molecule has 0 rings (SSSR count). The highest BCUT2D eigenvalue weighted by atomic mass is 16.5. The number of carbonyl (C=O) groups excluding carboxylic acids is 1. The van der Waals surface area contributed by atoms with Gasteiger partial charge in [0.05, 0.1) is 18.9 Å². The van der Waals surface area contributed by atoms with E-state index < -0.39 is 5.97 Å². The van der Waals surface area contributed by atoms with Crippen molar-refractivity contribution in [1.29, 1.82) is 0 Å². The van der Waals surface area contributed by atoms with Crippen molar-refractivity contribution in [2.24, 2.45) is 0 Å². The SMILES string of the molecule is CCCCCCC/C(O)=C/C(=O)OC. The van der Waals surface area contributed by atoms with E-state index in [9.17, 15) is 9.90 Å². The molecule has 0 fully saturated rings. The molecule has 0 aliphatic heterocycles. The molecule has 3 heteroatoms. The van der Waals surface area contributed by atoms with Gasteiger partial charge in [0, 0.05) is 6.42 Å². The lowest BCUT2D eigenvalue weighted by Crippen LogP contribution is -1.97. The van der Waals surface area contributed by atoms with E-state index in [2.05, 4.69) is 11.7 Å². The number of esters is 1. The average molecular weight is 200 g/mol. The topological polar surface area (TPSA) is 46.5 Å². The molecule has 0 amide bonds. The van der Waals surface area contributed by atoms with Gasteiger partial charge in [-0.2, -0.15) is 0 Å². The zero-order valence-corrected chi connectivity index (χ0v) is 9.08. The minimum absolute atomic E-state index is 0.119. The van der Waals surface area contributed by atoms with E-state index in [1.54, 1.807) is 0 Å². The Bertz CT molecular complexity index is 185. The molecule has 1 N–H and O–H groups in total. The number of allylic oxidation sites excluding steroid dienone is 1. The summed E-state index contributed by atoms with van der Waals surface area (Å²) in [4.78, 5) is 10.7. The Morgan fingerprint density at radius 2 is 1.93 bits per heavy atom. The fraction of sp³-hybridized carbons (Fsp3) is 0.727. The number of methoxy groups -OCH3 is 1. The molecule has 0 spiro atoms. The molecule has 0 aromatic heterocycles. The number of aliphatic hydroxyl groups is 1. The largest absolute Gasteiger partial charge is 0.512 e. The van der Waals surface area contributed by atoms with E-state index in [4.69, 9.17) is 0 Å². The number of rotatable bonds is 7. The van der Waals surface area contributed by atoms with E-state index in [0.29, 0.717) is 6.42 Å². The van der Waals surface area contributed by atoms with E-state index >= 15 is 0 Å². The van der Waals surface area contributed by atoms with Gasteiger partial charge in [0.15, 0.2) is 0 Å². The summed E-state index contributed by atoms with van der Waals surface area (Å²) in [5, 5.41) is 9.27. The first-order chi connectivity index (χ1) is 6.70. The highest BCUT2D eigenvalue weighted by Gasteiger charge is 1.99. The second-order valence-electron chi connectivity index (χ2n) is 3.32. The molecule has 0 aromatic carbocycles. The minimum Gasteiger partial charge on any atom is -0.512 e. The summed E-state index contributed by atoms with van der Waals surface area (Å²) in [6.45, 7) is 2.16. The number of carbonyl (C=O) groups is 1. The predicted octanol–water partition coefficient (Wildman–Crippen LogP) is 2.96. The zero-order valence-electron chi connectivity index (χ0n) is 9.08. The van der Waals surface area contributed by atoms with E-state index in [0.717, 1.165) is 18.9 Å². The van der Waals surface area contributed by atoms with E-state index in [1.165, 1.54) is 26.4 Å². The van der Waals surface area contributed by atoms with Gasteiger partial charge in [-0.1, -0.05) is 32.6 Å². The summed E-state index contributed by atoms with van der Waals surface area (Å²) < 4.78 is 4.39. The Labute approximate surface area is 85.8 Å². The molecule has 3 nitrogen and oxygen atoms in total. The van der Waals surface area contributed by atoms with Crippen molar-refractivity contribution in [2.75, 3.05) is 7.11 Å². The summed E-state index contributed by atoms with van der Waals surface area (Å²) in [6, 6.07) is 0. The maximum absolute atomic E-state index is 10.7. The van der Waals surface area contributed by atoms with Gasteiger partial charge >= 0.3 is 5.97 Å². The summed E-state index contributed by atoms with van der Waals surface area (Å²) >= 11 is 0. The molecule has 0 aliphatic carbocycles. The molecule has 0 saturated carbocycles. The Kier molecular flexibility index (Phi) is 7.99. The molecular weight excluding hydrogens is 180 g/mol. The van der Waals surface area contributed by atoms with Crippen LogP contribution in [0.5, 0.6) is 0 Å². The van der Waals surface area contributed by atoms with Gasteiger partial charge in [0.2, 0.25) is 0 Å². The fourth-order valence-electron chi connectivity index (χ4n) is 1.18. The summed E-state index contributed by atoms with van der Waals surface area (Å²) in [5.74, 6) is -0.371. The average Bonchev–Trinajstić information content (AvgIpc) is 2.17. The monoisotopic (exact) mass is 200 g/mol. The van der Waals surface area contributed by atoms with Crippen LogP contribution in [-0.4, -0.2) is 18.2 Å². The van der Waals surface area contributed by atoms with Crippen LogP contribution >= 0.6 is 0 Å². The normalized spacial score (nSPS) is 11.4. The summed E-state index contributed by atoms with van der Waals surface area (Å²) in [7, 11) is 1.30. The lowest BCUT2D eigenvalue weighted by atomic mass is 10.1. The van der Waals surface area contributed by atoms with Crippen LogP contribution in [0.3, 0.4) is 0 Å². The molecule has 0 unspecified atom stereocenters. The van der Waals surface area contributed by atoms with Crippen molar-refractivity contribution in [3.05, 3.63) is 11.8 Å². The van der Waals surface area contributed by atoms with Gasteiger partial charge < -0.3 is 9.84 Å². The number of aliphatic hydroxyl groups excluding tert-OH is 1. The molecule has 0 atom stereocenters. The van der Waals surface area contributed by atoms with Gasteiger partial charge in [-0.15, -0.1) is 0 Å². The van der Waals surface area contributed by atoms with Crippen molar-refractivity contribution in [2.45, 2.75) is 45.4 Å². The lowest BCUT2D eigenvalue weighted by Gasteiger charge is -2.00. The number of unbranched alkanes of at least 4 members (excludes halogenated alkanes) is 4. The Morgan fingerprint density at radius 3 is 2.50 bits per heavy atom. The Balaban J connectivity index is 3.48. The lowest BCUT2D eigenvalue weighted by molar-refractivity contribution is -0.135. The molecule has 0 bridgehead atoms. The molecule has 0 heterocycles. The second-order valence-corrected chi connectivity index (χ2v) is 3.32. The van der Waals surface area contributed by atoms with Crippen molar-refractivity contribution in [1.82, 2.24) is 0 Å². The van der Waals surface area contributed by atoms with Gasteiger partial charge in [-0.3, -0.25) is 0 Å². The van der Waals surface area contributed by atoms with Crippen molar-refractivity contribution >= 4 is 5.97 Å². The molecule has 82 valence electrons. The van der Waals surface area contributed by atoms with Crippen LogP contribution in [0, 0.1) is 0 Å². The summed E-state index contributed by atoms with van der Waals surface area (Å²) in [6.07, 6.45) is 7.39. The highest BCUT2D eigenvalue weighted by molar-refractivity contribution is 5.82. The van der Waals surface area contributed by atoms with Crippen LogP contribution in [0.15, 0.2) is 11.8 Å². The Hall–Kier alpha value is -0.990. The van der Waals surface area contributed by atoms with Crippen molar-refractivity contribution in [3.8, 4) is 0 Å². The summed E-state index contributed by atoms with van der Waals surface area (Å²) in [5.41, 5.74) is 0. The van der Waals surface area contributed by atoms with Gasteiger partial charge in [-0.25, -0.2) is 4.79 Å². The third kappa shape index (κ3) is 7.65. The van der Waals surface area contributed by atoms with E-state index in [-0.39, 0.29) is 5.76 Å². The maximum atomic E-state index is 10.7. The predicted molar refractivity (Wildman–Crippen MR) is 56.1 cm³/mol. The van der Waals surface area contributed by atoms with Crippen LogP contribution in [0.2, 0.25) is 0 Å². The van der Waals surface area contributed by atoms with Crippen LogP contribution in [0.1, 0.15) is 45.4 Å². The van der Waals surface area contributed by atoms with Crippen molar-refractivity contribution < 1.29 is 14.6 Å². The number of ether oxygens (including phenoxy) is 1. The first-order valence-electron chi connectivity index (χ1n) is 5.18. The first kappa shape index (κ1) is 13.0. The standard InChI is InChI=1S/C11H20O3/c1-3-4-5-6-7-8-10(12)9-11(13)14-2/h9,12H,3-8H2,1-2H3/b10-9-. The quantitative estimate of drug-likeness (QED) is 0.297. The van der Waals surface area contributed by atoms with Crippen LogP contribution in [0.25, 0.3) is 0 Å². The molecule has 0 aliphatic rings. The number of hydrogen-bond acceptors (Lipinski definition) is 3. The molecule has 0 radical (unpaired) electrons. The molecule has 0 aromatic rings. The Morgan fingerprint density at radius 1 is 1.29 bits per heavy atom. The fourth-order valence-corrected chi connectivity index (χ4v) is 1.18. The van der Waals surface area contributed by atoms with E-state index in [1.807, 2.05) is 0 Å². The van der Waals surface area contributed by atoms with Gasteiger partial charge in [0.1, 0.15) is 0 Å². The minimum atomic E-state index is -0.490. The van der Waals surface area contributed by atoms with Crippen LogP contribution < -0.4 is 0 Å². The third-order valence-corrected chi connectivity index (χ3v) is 2.02. The van der Waals surface area contributed by atoms with Crippen LogP contribution in [-0.2, 0) is 9.53 Å². The van der Waals surface area contributed by atoms with Gasteiger partial charge in [0.25, 0.3) is 0 Å². The maximum Gasteiger partial charge on any atom is 0.333 e.